The summed E-state index contributed by atoms with van der Waals surface area (Å²) in [6.45, 7) is 2.57. The van der Waals surface area contributed by atoms with Gasteiger partial charge in [0.1, 0.15) is 17.3 Å². The van der Waals surface area contributed by atoms with E-state index >= 15 is 0 Å². The molecular formula is C19H24N4O2. The van der Waals surface area contributed by atoms with Crippen LogP contribution in [0.4, 0.5) is 5.82 Å². The van der Waals surface area contributed by atoms with E-state index < -0.39 is 0 Å². The Labute approximate surface area is 148 Å². The zero-order chi connectivity index (χ0) is 17.5. The third-order valence-corrected chi connectivity index (χ3v) is 4.38. The van der Waals surface area contributed by atoms with Crippen molar-refractivity contribution < 1.29 is 9.53 Å². The molecule has 3 rings (SSSR count). The number of carbonyl (C=O) groups excluding carboxylic acids is 1. The Balaban J connectivity index is 1.50. The fraction of sp³-hybridized carbons (Fsp3) is 0.421. The van der Waals surface area contributed by atoms with Gasteiger partial charge in [-0.2, -0.15) is 0 Å². The Hall–Kier alpha value is -2.63. The predicted molar refractivity (Wildman–Crippen MR) is 97.1 cm³/mol. The Bertz CT molecular complexity index is 697. The first-order chi connectivity index (χ1) is 12.3. The second kappa shape index (κ2) is 8.46. The van der Waals surface area contributed by atoms with Crippen molar-refractivity contribution in [2.75, 3.05) is 31.6 Å². The van der Waals surface area contributed by atoms with Crippen molar-refractivity contribution in [1.29, 1.82) is 0 Å². The molecule has 1 N–H and O–H groups in total. The summed E-state index contributed by atoms with van der Waals surface area (Å²) in [5.74, 6) is 1.48. The van der Waals surface area contributed by atoms with Gasteiger partial charge < -0.3 is 15.0 Å². The van der Waals surface area contributed by atoms with Crippen LogP contribution in [0.15, 0.2) is 36.7 Å². The number of rotatable bonds is 6. The molecule has 1 aromatic heterocycles. The maximum atomic E-state index is 12.2. The van der Waals surface area contributed by atoms with E-state index in [0.29, 0.717) is 12.2 Å². The van der Waals surface area contributed by atoms with Crippen molar-refractivity contribution in [1.82, 2.24) is 15.3 Å². The summed E-state index contributed by atoms with van der Waals surface area (Å²) in [7, 11) is 1.65. The number of hydrogen-bond acceptors (Lipinski definition) is 5. The number of methoxy groups -OCH3 is 1. The van der Waals surface area contributed by atoms with Gasteiger partial charge >= 0.3 is 0 Å². The van der Waals surface area contributed by atoms with Crippen LogP contribution in [0.25, 0.3) is 0 Å². The predicted octanol–water partition coefficient (Wildman–Crippen LogP) is 2.45. The van der Waals surface area contributed by atoms with Crippen molar-refractivity contribution in [3.63, 3.8) is 0 Å². The number of aromatic nitrogens is 2. The number of nitrogens with one attached hydrogen (secondary N) is 1. The van der Waals surface area contributed by atoms with Crippen LogP contribution >= 0.6 is 0 Å². The van der Waals surface area contributed by atoms with Crippen LogP contribution in [0, 0.1) is 0 Å². The van der Waals surface area contributed by atoms with Gasteiger partial charge in [0.15, 0.2) is 0 Å². The first-order valence-electron chi connectivity index (χ1n) is 8.74. The summed E-state index contributed by atoms with van der Waals surface area (Å²) in [6, 6.07) is 7.84. The molecule has 0 bridgehead atoms. The van der Waals surface area contributed by atoms with Crippen LogP contribution < -0.4 is 15.0 Å². The highest BCUT2D eigenvalue weighted by atomic mass is 16.5. The number of benzene rings is 1. The Morgan fingerprint density at radius 2 is 2.04 bits per heavy atom. The van der Waals surface area contributed by atoms with Gasteiger partial charge in [0.05, 0.1) is 19.5 Å². The highest BCUT2D eigenvalue weighted by Crippen LogP contribution is 2.16. The highest BCUT2D eigenvalue weighted by Gasteiger charge is 2.14. The average Bonchev–Trinajstić information content (AvgIpc) is 2.69. The second-order valence-electron chi connectivity index (χ2n) is 6.16. The van der Waals surface area contributed by atoms with Gasteiger partial charge in [-0.05, 0) is 43.4 Å². The van der Waals surface area contributed by atoms with Gasteiger partial charge in [0.25, 0.3) is 5.91 Å². The number of ether oxygens (including phenoxy) is 1. The molecule has 0 saturated carbocycles. The summed E-state index contributed by atoms with van der Waals surface area (Å²) in [5, 5.41) is 2.89. The lowest BCUT2D eigenvalue weighted by atomic mass is 10.1. The van der Waals surface area contributed by atoms with Crippen LogP contribution in [0.2, 0.25) is 0 Å². The fourth-order valence-electron chi connectivity index (χ4n) is 2.96. The topological polar surface area (TPSA) is 67.3 Å². The van der Waals surface area contributed by atoms with Gasteiger partial charge in [-0.15, -0.1) is 0 Å². The van der Waals surface area contributed by atoms with Gasteiger partial charge in [-0.1, -0.05) is 12.1 Å². The zero-order valence-corrected chi connectivity index (χ0v) is 14.6. The minimum atomic E-state index is -0.194. The van der Waals surface area contributed by atoms with Crippen molar-refractivity contribution in [3.8, 4) is 5.75 Å². The third-order valence-electron chi connectivity index (χ3n) is 4.38. The van der Waals surface area contributed by atoms with Crippen molar-refractivity contribution in [3.05, 3.63) is 47.9 Å². The maximum absolute atomic E-state index is 12.2. The van der Waals surface area contributed by atoms with E-state index in [1.807, 2.05) is 24.3 Å². The number of anilines is 1. The molecule has 0 aliphatic carbocycles. The van der Waals surface area contributed by atoms with Gasteiger partial charge in [-0.3, -0.25) is 4.79 Å². The zero-order valence-electron chi connectivity index (χ0n) is 14.6. The molecule has 25 heavy (non-hydrogen) atoms. The highest BCUT2D eigenvalue weighted by molar-refractivity contribution is 5.92. The second-order valence-corrected chi connectivity index (χ2v) is 6.16. The molecule has 1 aromatic carbocycles. The molecule has 6 nitrogen and oxygen atoms in total. The Morgan fingerprint density at radius 3 is 2.76 bits per heavy atom. The summed E-state index contributed by atoms with van der Waals surface area (Å²) in [4.78, 5) is 23.1. The molecule has 6 heteroatoms. The minimum Gasteiger partial charge on any atom is -0.497 e. The molecule has 1 aliphatic rings. The first kappa shape index (κ1) is 17.2. The van der Waals surface area contributed by atoms with E-state index in [4.69, 9.17) is 4.74 Å². The Kier molecular flexibility index (Phi) is 5.82. The fourth-order valence-corrected chi connectivity index (χ4v) is 2.96. The molecule has 0 spiro atoms. The van der Waals surface area contributed by atoms with Gasteiger partial charge in [-0.25, -0.2) is 9.97 Å². The molecule has 1 saturated heterocycles. The normalized spacial score (nSPS) is 14.2. The van der Waals surface area contributed by atoms with Crippen LogP contribution in [-0.4, -0.2) is 42.6 Å². The third kappa shape index (κ3) is 4.68. The Morgan fingerprint density at radius 1 is 1.20 bits per heavy atom. The average molecular weight is 340 g/mol. The van der Waals surface area contributed by atoms with Crippen molar-refractivity contribution in [2.24, 2.45) is 0 Å². The van der Waals surface area contributed by atoms with Crippen LogP contribution in [0.1, 0.15) is 35.3 Å². The molecule has 0 radical (unpaired) electrons. The molecule has 132 valence electrons. The molecule has 1 amide bonds. The molecule has 0 unspecified atom stereocenters. The molecule has 2 heterocycles. The lowest BCUT2D eigenvalue weighted by molar-refractivity contribution is 0.0949. The number of amides is 1. The molecule has 1 aliphatic heterocycles. The maximum Gasteiger partial charge on any atom is 0.271 e. The molecule has 0 atom stereocenters. The number of piperidine rings is 1. The summed E-state index contributed by atoms with van der Waals surface area (Å²) >= 11 is 0. The van der Waals surface area contributed by atoms with Crippen molar-refractivity contribution >= 4 is 11.7 Å². The summed E-state index contributed by atoms with van der Waals surface area (Å²) < 4.78 is 5.20. The smallest absolute Gasteiger partial charge is 0.271 e. The summed E-state index contributed by atoms with van der Waals surface area (Å²) in [5.41, 5.74) is 1.47. The number of hydrogen-bond donors (Lipinski definition) is 1. The standard InChI is InChI=1S/C19H24N4O2/c1-25-16-7-5-6-15(12-16)8-9-20-19(24)17-13-22-18(14-21-17)23-10-3-2-4-11-23/h5-7,12-14H,2-4,8-11H2,1H3,(H,20,24). The number of carbonyl (C=O) groups is 1. The molecular weight excluding hydrogens is 316 g/mol. The molecule has 2 aromatic rings. The van der Waals surface area contributed by atoms with E-state index in [9.17, 15) is 4.79 Å². The van der Waals surface area contributed by atoms with E-state index in [1.165, 1.54) is 19.3 Å². The molecule has 1 fully saturated rings. The summed E-state index contributed by atoms with van der Waals surface area (Å²) in [6.07, 6.45) is 7.65. The number of nitrogens with zero attached hydrogens (tertiary/aromatic N) is 3. The van der Waals surface area contributed by atoms with E-state index in [-0.39, 0.29) is 5.91 Å². The van der Waals surface area contributed by atoms with Gasteiger partial charge in [0, 0.05) is 19.6 Å². The monoisotopic (exact) mass is 340 g/mol. The van der Waals surface area contributed by atoms with E-state index in [1.54, 1.807) is 19.5 Å². The first-order valence-corrected chi connectivity index (χ1v) is 8.74. The largest absolute Gasteiger partial charge is 0.497 e. The lowest BCUT2D eigenvalue weighted by Crippen LogP contribution is -2.31. The van der Waals surface area contributed by atoms with E-state index in [2.05, 4.69) is 20.2 Å². The van der Waals surface area contributed by atoms with E-state index in [0.717, 1.165) is 36.6 Å². The van der Waals surface area contributed by atoms with Crippen LogP contribution in [0.3, 0.4) is 0 Å². The van der Waals surface area contributed by atoms with Crippen LogP contribution in [-0.2, 0) is 6.42 Å². The van der Waals surface area contributed by atoms with Crippen LogP contribution in [0.5, 0.6) is 5.75 Å². The SMILES string of the molecule is COc1cccc(CCNC(=O)c2cnc(N3CCCCC3)cn2)c1. The van der Waals surface area contributed by atoms with Gasteiger partial charge in [0.2, 0.25) is 0 Å². The lowest BCUT2D eigenvalue weighted by Gasteiger charge is -2.27. The minimum absolute atomic E-state index is 0.194. The van der Waals surface area contributed by atoms with Crippen molar-refractivity contribution in [2.45, 2.75) is 25.7 Å². The quantitative estimate of drug-likeness (QED) is 0.875.